The summed E-state index contributed by atoms with van der Waals surface area (Å²) in [6.45, 7) is 15.1. The lowest BCUT2D eigenvalue weighted by Crippen LogP contribution is -2.61. The Balaban J connectivity index is 1.36. The number of nitrogens with two attached hydrogens (primary N) is 1. The average molecular weight is 879 g/mol. The van der Waals surface area contributed by atoms with Crippen molar-refractivity contribution in [2.75, 3.05) is 0 Å². The number of carbonyl (C=O) groups excluding carboxylic acids is 3. The van der Waals surface area contributed by atoms with E-state index in [1.54, 1.807) is 6.92 Å². The topological polar surface area (TPSA) is 210 Å². The molecule has 4 N–H and O–H groups in total. The monoisotopic (exact) mass is 879 g/mol. The number of rotatable bonds is 4. The molecule has 16 nitrogen and oxygen atoms in total. The van der Waals surface area contributed by atoms with Gasteiger partial charge < -0.3 is 63.0 Å². The molecular weight excluding hydrogens is 805 g/mol. The predicted molar refractivity (Wildman–Crippen MR) is 223 cm³/mol. The van der Waals surface area contributed by atoms with Gasteiger partial charge in [0, 0.05) is 35.5 Å². The van der Waals surface area contributed by atoms with E-state index in [9.17, 15) is 19.8 Å². The van der Waals surface area contributed by atoms with Crippen LogP contribution in [0.5, 0.6) is 0 Å². The Morgan fingerprint density at radius 3 is 1.90 bits per heavy atom. The Hall–Kier alpha value is -2.19. The maximum Gasteiger partial charge on any atom is 0.536 e. The largest absolute Gasteiger partial charge is 0.536 e. The van der Waals surface area contributed by atoms with Crippen LogP contribution < -0.4 is 5.73 Å². The first-order valence-electron chi connectivity index (χ1n) is 23.3. The van der Waals surface area contributed by atoms with Gasteiger partial charge in [-0.2, -0.15) is 0 Å². The van der Waals surface area contributed by atoms with E-state index in [0.29, 0.717) is 64.2 Å². The van der Waals surface area contributed by atoms with E-state index in [2.05, 4.69) is 0 Å². The molecule has 7 aliphatic heterocycles. The van der Waals surface area contributed by atoms with Crippen molar-refractivity contribution in [3.8, 4) is 0 Å². The lowest BCUT2D eigenvalue weighted by atomic mass is 9.73. The number of cyclic esters (lactones) is 1. The third-order valence-electron chi connectivity index (χ3n) is 15.5. The summed E-state index contributed by atoms with van der Waals surface area (Å²) in [4.78, 5) is 42.9. The number of hydrogen-bond donors (Lipinski definition) is 3. The second-order valence-corrected chi connectivity index (χ2v) is 20.9. The number of aliphatic hydroxyl groups is 2. The number of carbonyl (C=O) groups is 3. The van der Waals surface area contributed by atoms with E-state index < -0.39 is 126 Å². The average Bonchev–Trinajstić information content (AvgIpc) is 3.84. The van der Waals surface area contributed by atoms with Gasteiger partial charge in [-0.3, -0.25) is 4.79 Å². The van der Waals surface area contributed by atoms with E-state index in [0.717, 1.165) is 0 Å². The molecule has 6 saturated heterocycles. The smallest absolute Gasteiger partial charge is 0.504 e. The van der Waals surface area contributed by atoms with E-state index in [1.807, 2.05) is 74.5 Å². The second kappa shape index (κ2) is 17.9. The Kier molecular flexibility index (Phi) is 13.8. The van der Waals surface area contributed by atoms with E-state index in [1.165, 1.54) is 0 Å². The standard InChI is InChI=1S/C45H73BNO15/c1-24(2)36(47)39(50)54-27(5)30-16-12-11-13-17-32(48)42(7,8)34-21-19-26(4)45(57-34)38-41(52)56-31-23-29(53-28(31)6)15-14-18-33(49)43(9,10)35-22-20-25(3)44(58-35)37(40(51)55-30)59-46(60-38,61-44)62-45/h11-12,24-38,48-49H,13-23,47H2,1-10H3/q-1/b12-11-/t25-,26-,27-,28-,29-,30+,31+,32+,33-,34+,35+,36-,37+,38+,44-,45-,46?/m1/s1. The molecule has 0 aromatic carbocycles. The molecule has 3 spiro atoms. The van der Waals surface area contributed by atoms with Crippen molar-refractivity contribution in [1.29, 1.82) is 0 Å². The molecule has 0 saturated carbocycles. The summed E-state index contributed by atoms with van der Waals surface area (Å²) in [6.07, 6.45) is -0.362. The number of esters is 3. The molecule has 0 aromatic rings. The van der Waals surface area contributed by atoms with Crippen LogP contribution in [0.1, 0.15) is 140 Å². The number of hydrogen-bond acceptors (Lipinski definition) is 16. The van der Waals surface area contributed by atoms with Gasteiger partial charge in [-0.1, -0.05) is 67.5 Å². The van der Waals surface area contributed by atoms with Crippen LogP contribution >= 0.6 is 0 Å². The molecule has 17 heteroatoms. The summed E-state index contributed by atoms with van der Waals surface area (Å²) in [5, 5.41) is 23.6. The molecule has 1 unspecified atom stereocenters. The van der Waals surface area contributed by atoms with Crippen LogP contribution in [0.2, 0.25) is 0 Å². The van der Waals surface area contributed by atoms with Crippen molar-refractivity contribution in [1.82, 2.24) is 0 Å². The van der Waals surface area contributed by atoms with Crippen molar-refractivity contribution < 1.29 is 71.6 Å². The summed E-state index contributed by atoms with van der Waals surface area (Å²) >= 11 is 0. The van der Waals surface area contributed by atoms with Gasteiger partial charge in [0.25, 0.3) is 0 Å². The third-order valence-corrected chi connectivity index (χ3v) is 15.5. The molecule has 7 rings (SSSR count). The van der Waals surface area contributed by atoms with Gasteiger partial charge in [-0.05, 0) is 77.6 Å². The quantitative estimate of drug-likeness (QED) is 0.149. The number of fused-ring (bicyclic) bond motifs is 6. The van der Waals surface area contributed by atoms with Crippen LogP contribution in [-0.2, 0) is 61.4 Å². The van der Waals surface area contributed by atoms with Gasteiger partial charge in [0.2, 0.25) is 0 Å². The third kappa shape index (κ3) is 8.78. The maximum atomic E-state index is 15.0. The van der Waals surface area contributed by atoms with Crippen molar-refractivity contribution in [3.63, 3.8) is 0 Å². The summed E-state index contributed by atoms with van der Waals surface area (Å²) < 4.78 is 66.0. The van der Waals surface area contributed by atoms with Crippen LogP contribution in [-0.4, -0.2) is 120 Å². The molecule has 0 aliphatic carbocycles. The first-order chi connectivity index (χ1) is 29.0. The van der Waals surface area contributed by atoms with Crippen LogP contribution in [0.25, 0.3) is 0 Å². The molecule has 352 valence electrons. The van der Waals surface area contributed by atoms with Crippen LogP contribution in [0, 0.1) is 28.6 Å². The molecule has 7 heterocycles. The van der Waals surface area contributed by atoms with Crippen molar-refractivity contribution in [2.45, 2.75) is 225 Å². The SMILES string of the molecule is CC(C)[C@@H](N)C(=O)O[C@H](C)[C@@H]1C/C=C\CC[C@H](O)C(C)(C)[C@@H]2CC[C@@H](C)[C@@]3(O2)O[B-]24O[C@@H](C(=O)O1)[C@]1(O[C@@H](CC[C@H]1C)C(C)(C)[C@H](O)CCC[C@@H]1C[C@H](OC(=O)[C@@H]3O2)[C@@H](C)O1)O4. The van der Waals surface area contributed by atoms with Crippen LogP contribution in [0.3, 0.4) is 0 Å². The second-order valence-electron chi connectivity index (χ2n) is 20.9. The normalized spacial score (nSPS) is 46.3. The Morgan fingerprint density at radius 1 is 0.790 bits per heavy atom. The van der Waals surface area contributed by atoms with Gasteiger partial charge in [0.05, 0.1) is 36.6 Å². The van der Waals surface area contributed by atoms with Gasteiger partial charge in [0.1, 0.15) is 24.4 Å². The summed E-state index contributed by atoms with van der Waals surface area (Å²) in [5.74, 6) is -7.31. The van der Waals surface area contributed by atoms with Gasteiger partial charge in [0.15, 0.2) is 23.8 Å². The molecule has 6 fully saturated rings. The van der Waals surface area contributed by atoms with Crippen molar-refractivity contribution >= 4 is 24.9 Å². The maximum absolute atomic E-state index is 15.0. The van der Waals surface area contributed by atoms with E-state index in [4.69, 9.17) is 52.8 Å². The van der Waals surface area contributed by atoms with Gasteiger partial charge in [-0.15, -0.1) is 0 Å². The first kappa shape index (κ1) is 47.8. The van der Waals surface area contributed by atoms with Crippen LogP contribution in [0.4, 0.5) is 0 Å². The molecule has 0 aromatic heterocycles. The minimum atomic E-state index is -3.53. The van der Waals surface area contributed by atoms with Gasteiger partial charge in [-0.25, -0.2) is 9.59 Å². The van der Waals surface area contributed by atoms with Crippen LogP contribution in [0.15, 0.2) is 12.2 Å². The fourth-order valence-corrected chi connectivity index (χ4v) is 10.6. The zero-order valence-corrected chi connectivity index (χ0v) is 38.4. The highest BCUT2D eigenvalue weighted by molar-refractivity contribution is 6.56. The molecule has 0 radical (unpaired) electrons. The van der Waals surface area contributed by atoms with E-state index >= 15 is 4.79 Å². The van der Waals surface area contributed by atoms with Crippen molar-refractivity contribution in [3.05, 3.63) is 12.2 Å². The van der Waals surface area contributed by atoms with E-state index in [-0.39, 0.29) is 18.4 Å². The van der Waals surface area contributed by atoms with Crippen molar-refractivity contribution in [2.24, 2.45) is 34.3 Å². The number of aliphatic hydroxyl groups excluding tert-OH is 2. The number of ether oxygens (including phenoxy) is 6. The Labute approximate surface area is 366 Å². The Morgan fingerprint density at radius 2 is 1.34 bits per heavy atom. The number of allylic oxidation sites excluding steroid dienone is 1. The molecule has 17 atom stereocenters. The first-order valence-corrected chi connectivity index (χ1v) is 23.3. The highest BCUT2D eigenvalue weighted by Gasteiger charge is 2.73. The molecular formula is C45H73BNO15-. The van der Waals surface area contributed by atoms with Gasteiger partial charge >= 0.3 is 24.9 Å². The summed E-state index contributed by atoms with van der Waals surface area (Å²) in [5.41, 5.74) is 4.48. The Bertz CT molecular complexity index is 1680. The zero-order valence-electron chi connectivity index (χ0n) is 38.4. The highest BCUT2D eigenvalue weighted by atomic mass is 17.0. The minimum absolute atomic E-state index is 0.142. The summed E-state index contributed by atoms with van der Waals surface area (Å²) in [7, 11) is 0. The molecule has 0 amide bonds. The fraction of sp³-hybridized carbons (Fsp3) is 0.889. The zero-order chi connectivity index (χ0) is 45.2. The lowest BCUT2D eigenvalue weighted by Gasteiger charge is -2.52. The lowest BCUT2D eigenvalue weighted by molar-refractivity contribution is -0.311. The highest BCUT2D eigenvalue weighted by Crippen LogP contribution is 2.57. The molecule has 7 aliphatic rings. The molecule has 9 bridgehead atoms. The predicted octanol–water partition coefficient (Wildman–Crippen LogP) is 4.89. The fourth-order valence-electron chi connectivity index (χ4n) is 10.6. The molecule has 62 heavy (non-hydrogen) atoms. The minimum Gasteiger partial charge on any atom is -0.504 e. The summed E-state index contributed by atoms with van der Waals surface area (Å²) in [6, 6.07) is -0.902.